The number of likely N-dealkylation sites (tertiary alicyclic amines) is 1. The van der Waals surface area contributed by atoms with E-state index in [1.165, 1.54) is 12.2 Å². The number of hydrogen-bond acceptors (Lipinski definition) is 4. The first-order valence-corrected chi connectivity index (χ1v) is 9.24. The summed E-state index contributed by atoms with van der Waals surface area (Å²) in [5, 5.41) is 4.43. The van der Waals surface area contributed by atoms with Crippen LogP contribution in [-0.2, 0) is 4.74 Å². The van der Waals surface area contributed by atoms with Gasteiger partial charge in [0, 0.05) is 29.6 Å². The molecule has 0 bridgehead atoms. The summed E-state index contributed by atoms with van der Waals surface area (Å²) < 4.78 is 5.51. The molecule has 4 nitrogen and oxygen atoms in total. The van der Waals surface area contributed by atoms with Crippen molar-refractivity contribution in [1.82, 2.24) is 10.2 Å². The molecule has 2 saturated heterocycles. The Morgan fingerprint density at radius 1 is 1.43 bits per heavy atom. The molecule has 0 saturated carbocycles. The third-order valence-corrected chi connectivity index (χ3v) is 5.47. The second-order valence-electron chi connectivity index (χ2n) is 7.29. The number of hydrogen-bond donors (Lipinski definition) is 1. The van der Waals surface area contributed by atoms with E-state index in [0.29, 0.717) is 12.1 Å². The Balaban J connectivity index is 1.73. The molecule has 3 unspecified atom stereocenters. The lowest BCUT2D eigenvalue weighted by Crippen LogP contribution is -2.41. The van der Waals surface area contributed by atoms with Crippen molar-refractivity contribution < 1.29 is 9.53 Å². The molecule has 2 fully saturated rings. The zero-order valence-electron chi connectivity index (χ0n) is 13.9. The fourth-order valence-corrected chi connectivity index (χ4v) is 4.29. The third-order valence-electron chi connectivity index (χ3n) is 4.11. The van der Waals surface area contributed by atoms with Crippen LogP contribution in [0.5, 0.6) is 0 Å². The SMILES string of the molecule is CC1CC(NCCC2CCCN2C(=O)OC(C)(C)C)CS1. The fraction of sp³-hybridized carbons (Fsp3) is 0.938. The maximum Gasteiger partial charge on any atom is 0.410 e. The summed E-state index contributed by atoms with van der Waals surface area (Å²) >= 11 is 2.05. The number of amides is 1. The first-order chi connectivity index (χ1) is 9.85. The summed E-state index contributed by atoms with van der Waals surface area (Å²) in [6.07, 6.45) is 4.37. The van der Waals surface area contributed by atoms with E-state index in [1.807, 2.05) is 25.7 Å². The number of nitrogens with one attached hydrogen (secondary N) is 1. The molecule has 1 N–H and O–H groups in total. The molecule has 0 aliphatic carbocycles. The molecule has 2 aliphatic rings. The van der Waals surface area contributed by atoms with Gasteiger partial charge in [0.05, 0.1) is 0 Å². The van der Waals surface area contributed by atoms with Gasteiger partial charge in [-0.3, -0.25) is 0 Å². The summed E-state index contributed by atoms with van der Waals surface area (Å²) in [4.78, 5) is 14.1. The van der Waals surface area contributed by atoms with Gasteiger partial charge >= 0.3 is 6.09 Å². The van der Waals surface area contributed by atoms with Crippen molar-refractivity contribution in [2.45, 2.75) is 76.3 Å². The molecular weight excluding hydrogens is 284 g/mol. The zero-order chi connectivity index (χ0) is 15.5. The minimum Gasteiger partial charge on any atom is -0.444 e. The highest BCUT2D eigenvalue weighted by molar-refractivity contribution is 8.00. The smallest absolute Gasteiger partial charge is 0.410 e. The van der Waals surface area contributed by atoms with E-state index >= 15 is 0 Å². The molecular formula is C16H30N2O2S. The predicted octanol–water partition coefficient (Wildman–Crippen LogP) is 3.26. The van der Waals surface area contributed by atoms with Crippen molar-refractivity contribution in [3.05, 3.63) is 0 Å². The summed E-state index contributed by atoms with van der Waals surface area (Å²) in [6.45, 7) is 9.93. The van der Waals surface area contributed by atoms with Crippen LogP contribution in [0.15, 0.2) is 0 Å². The maximum atomic E-state index is 12.2. The summed E-state index contributed by atoms with van der Waals surface area (Å²) in [7, 11) is 0. The monoisotopic (exact) mass is 314 g/mol. The molecule has 3 atom stereocenters. The number of nitrogens with zero attached hydrogens (tertiary/aromatic N) is 1. The number of carbonyl (C=O) groups is 1. The lowest BCUT2D eigenvalue weighted by Gasteiger charge is -2.29. The van der Waals surface area contributed by atoms with Crippen molar-refractivity contribution in [2.75, 3.05) is 18.8 Å². The molecule has 2 rings (SSSR count). The second kappa shape index (κ2) is 7.23. The van der Waals surface area contributed by atoms with E-state index in [1.54, 1.807) is 0 Å². The first kappa shape index (κ1) is 16.9. The second-order valence-corrected chi connectivity index (χ2v) is 8.76. The molecule has 21 heavy (non-hydrogen) atoms. The third kappa shape index (κ3) is 5.37. The fourth-order valence-electron chi connectivity index (χ4n) is 3.11. The number of thioether (sulfide) groups is 1. The molecule has 5 heteroatoms. The van der Waals surface area contributed by atoms with Crippen LogP contribution in [-0.4, -0.2) is 52.8 Å². The van der Waals surface area contributed by atoms with Crippen LogP contribution in [0, 0.1) is 0 Å². The minimum absolute atomic E-state index is 0.143. The molecule has 2 aliphatic heterocycles. The average molecular weight is 314 g/mol. The van der Waals surface area contributed by atoms with Crippen molar-refractivity contribution >= 4 is 17.9 Å². The van der Waals surface area contributed by atoms with E-state index in [0.717, 1.165) is 37.6 Å². The van der Waals surface area contributed by atoms with E-state index in [-0.39, 0.29) is 6.09 Å². The highest BCUT2D eigenvalue weighted by atomic mass is 32.2. The van der Waals surface area contributed by atoms with Gasteiger partial charge in [-0.05, 0) is 53.0 Å². The lowest BCUT2D eigenvalue weighted by atomic mass is 10.1. The average Bonchev–Trinajstić information content (AvgIpc) is 2.96. The quantitative estimate of drug-likeness (QED) is 0.865. The van der Waals surface area contributed by atoms with Gasteiger partial charge in [-0.1, -0.05) is 6.92 Å². The van der Waals surface area contributed by atoms with Gasteiger partial charge in [0.1, 0.15) is 5.60 Å². The lowest BCUT2D eigenvalue weighted by molar-refractivity contribution is 0.0220. The molecule has 0 aromatic rings. The summed E-state index contributed by atoms with van der Waals surface area (Å²) in [5.74, 6) is 1.22. The van der Waals surface area contributed by atoms with Gasteiger partial charge in [-0.25, -0.2) is 4.79 Å². The van der Waals surface area contributed by atoms with E-state index in [2.05, 4.69) is 24.0 Å². The van der Waals surface area contributed by atoms with Crippen LogP contribution in [0.2, 0.25) is 0 Å². The number of ether oxygens (including phenoxy) is 1. The highest BCUT2D eigenvalue weighted by Crippen LogP contribution is 2.26. The van der Waals surface area contributed by atoms with Gasteiger partial charge in [0.15, 0.2) is 0 Å². The summed E-state index contributed by atoms with van der Waals surface area (Å²) in [5.41, 5.74) is -0.403. The van der Waals surface area contributed by atoms with Crippen LogP contribution >= 0.6 is 11.8 Å². The van der Waals surface area contributed by atoms with Gasteiger partial charge in [0.25, 0.3) is 0 Å². The Morgan fingerprint density at radius 2 is 2.19 bits per heavy atom. The number of carbonyl (C=O) groups excluding carboxylic acids is 1. The van der Waals surface area contributed by atoms with Crippen LogP contribution < -0.4 is 5.32 Å². The minimum atomic E-state index is -0.403. The molecule has 0 aromatic carbocycles. The Hall–Kier alpha value is -0.420. The van der Waals surface area contributed by atoms with Crippen molar-refractivity contribution in [3.63, 3.8) is 0 Å². The molecule has 0 spiro atoms. The zero-order valence-corrected chi connectivity index (χ0v) is 14.7. The van der Waals surface area contributed by atoms with Gasteiger partial charge < -0.3 is 15.0 Å². The van der Waals surface area contributed by atoms with Crippen molar-refractivity contribution in [3.8, 4) is 0 Å². The van der Waals surface area contributed by atoms with Gasteiger partial charge in [-0.2, -0.15) is 11.8 Å². The standard InChI is InChI=1S/C16H30N2O2S/c1-12-10-13(11-21-12)17-8-7-14-6-5-9-18(14)15(19)20-16(2,3)4/h12-14,17H,5-11H2,1-4H3. The molecule has 122 valence electrons. The molecule has 2 heterocycles. The van der Waals surface area contributed by atoms with Crippen LogP contribution in [0.1, 0.15) is 53.4 Å². The van der Waals surface area contributed by atoms with Crippen molar-refractivity contribution in [1.29, 1.82) is 0 Å². The van der Waals surface area contributed by atoms with Crippen LogP contribution in [0.3, 0.4) is 0 Å². The predicted molar refractivity (Wildman–Crippen MR) is 88.9 cm³/mol. The van der Waals surface area contributed by atoms with E-state index < -0.39 is 5.60 Å². The molecule has 0 aromatic heterocycles. The topological polar surface area (TPSA) is 41.6 Å². The maximum absolute atomic E-state index is 12.2. The van der Waals surface area contributed by atoms with E-state index in [9.17, 15) is 4.79 Å². The molecule has 0 radical (unpaired) electrons. The van der Waals surface area contributed by atoms with E-state index in [4.69, 9.17) is 4.74 Å². The van der Waals surface area contributed by atoms with Gasteiger partial charge in [-0.15, -0.1) is 0 Å². The Bertz CT molecular complexity index is 357. The Morgan fingerprint density at radius 3 is 2.81 bits per heavy atom. The van der Waals surface area contributed by atoms with Gasteiger partial charge in [0.2, 0.25) is 0 Å². The van der Waals surface area contributed by atoms with Crippen molar-refractivity contribution in [2.24, 2.45) is 0 Å². The summed E-state index contributed by atoms with van der Waals surface area (Å²) in [6, 6.07) is 1.00. The number of rotatable bonds is 4. The first-order valence-electron chi connectivity index (χ1n) is 8.20. The normalized spacial score (nSPS) is 29.9. The Kier molecular flexibility index (Phi) is 5.83. The largest absolute Gasteiger partial charge is 0.444 e. The molecule has 1 amide bonds. The Labute approximate surface area is 133 Å². The van der Waals surface area contributed by atoms with Crippen LogP contribution in [0.25, 0.3) is 0 Å². The highest BCUT2D eigenvalue weighted by Gasteiger charge is 2.32. The van der Waals surface area contributed by atoms with Crippen LogP contribution in [0.4, 0.5) is 4.79 Å².